The highest BCUT2D eigenvalue weighted by Gasteiger charge is 2.19. The maximum atomic E-state index is 12.3. The van der Waals surface area contributed by atoms with E-state index in [1.54, 1.807) is 55.1 Å². The van der Waals surface area contributed by atoms with Crippen LogP contribution in [0.15, 0.2) is 53.7 Å². The number of hydrogen-bond donors (Lipinski definition) is 1. The Balaban J connectivity index is 1.59. The SMILES string of the molecule is COc1ccc(OC(C)c2nnc(SCC(=O)Nc3ccccc3[N+](=O)[O-])n2C)cc1. The standard InChI is InChI=1S/C20H21N5O5S/c1-13(30-15-10-8-14(29-3)9-11-15)19-22-23-20(24(19)2)31-12-18(26)21-16-6-4-5-7-17(16)25(27)28/h4-11,13H,12H2,1-3H3,(H,21,26). The van der Waals surface area contributed by atoms with Crippen LogP contribution in [-0.4, -0.2) is 38.5 Å². The van der Waals surface area contributed by atoms with Gasteiger partial charge in [0.05, 0.1) is 17.8 Å². The lowest BCUT2D eigenvalue weighted by molar-refractivity contribution is -0.383. The van der Waals surface area contributed by atoms with E-state index in [-0.39, 0.29) is 29.1 Å². The number of carbonyl (C=O) groups excluding carboxylic acids is 1. The highest BCUT2D eigenvalue weighted by atomic mass is 32.2. The summed E-state index contributed by atoms with van der Waals surface area (Å²) in [5.41, 5.74) is -0.00966. The summed E-state index contributed by atoms with van der Waals surface area (Å²) in [7, 11) is 3.38. The maximum Gasteiger partial charge on any atom is 0.292 e. The van der Waals surface area contributed by atoms with Gasteiger partial charge in [0.25, 0.3) is 5.69 Å². The van der Waals surface area contributed by atoms with Gasteiger partial charge in [-0.1, -0.05) is 23.9 Å². The van der Waals surface area contributed by atoms with Crippen LogP contribution in [0.3, 0.4) is 0 Å². The van der Waals surface area contributed by atoms with Crippen molar-refractivity contribution in [1.29, 1.82) is 0 Å². The lowest BCUT2D eigenvalue weighted by Gasteiger charge is -2.14. The Labute approximate surface area is 182 Å². The number of anilines is 1. The summed E-state index contributed by atoms with van der Waals surface area (Å²) in [4.78, 5) is 22.8. The predicted octanol–water partition coefficient (Wildman–Crippen LogP) is 3.60. The Morgan fingerprint density at radius 1 is 1.19 bits per heavy atom. The molecule has 0 aliphatic carbocycles. The molecule has 3 aromatic rings. The number of aromatic nitrogens is 3. The van der Waals surface area contributed by atoms with Gasteiger partial charge in [0.15, 0.2) is 17.1 Å². The van der Waals surface area contributed by atoms with Gasteiger partial charge < -0.3 is 19.4 Å². The van der Waals surface area contributed by atoms with Crippen LogP contribution in [0.25, 0.3) is 0 Å². The highest BCUT2D eigenvalue weighted by molar-refractivity contribution is 7.99. The van der Waals surface area contributed by atoms with E-state index in [2.05, 4.69) is 15.5 Å². The van der Waals surface area contributed by atoms with Crippen LogP contribution in [0.2, 0.25) is 0 Å². The summed E-state index contributed by atoms with van der Waals surface area (Å²) in [5, 5.41) is 22.4. The number of nitro benzene ring substituents is 1. The Bertz CT molecular complexity index is 1070. The smallest absolute Gasteiger partial charge is 0.292 e. The number of methoxy groups -OCH3 is 1. The fourth-order valence-corrected chi connectivity index (χ4v) is 3.49. The number of rotatable bonds is 9. The summed E-state index contributed by atoms with van der Waals surface area (Å²) in [5.74, 6) is 1.63. The normalized spacial score (nSPS) is 11.6. The van der Waals surface area contributed by atoms with Gasteiger partial charge in [0, 0.05) is 13.1 Å². The van der Waals surface area contributed by atoms with Gasteiger partial charge in [-0.15, -0.1) is 10.2 Å². The third-order valence-electron chi connectivity index (χ3n) is 4.31. The Kier molecular flexibility index (Phi) is 7.08. The second-order valence-corrected chi connectivity index (χ2v) is 7.39. The van der Waals surface area contributed by atoms with Crippen LogP contribution in [0.1, 0.15) is 18.9 Å². The molecule has 3 rings (SSSR count). The second-order valence-electron chi connectivity index (χ2n) is 6.45. The number of nitro groups is 1. The largest absolute Gasteiger partial charge is 0.497 e. The molecule has 1 aromatic heterocycles. The summed E-state index contributed by atoms with van der Waals surface area (Å²) >= 11 is 1.17. The second kappa shape index (κ2) is 9.94. The van der Waals surface area contributed by atoms with E-state index in [1.165, 1.54) is 23.9 Å². The van der Waals surface area contributed by atoms with Gasteiger partial charge in [-0.2, -0.15) is 0 Å². The Morgan fingerprint density at radius 2 is 1.87 bits per heavy atom. The number of benzene rings is 2. The van der Waals surface area contributed by atoms with Crippen molar-refractivity contribution in [3.8, 4) is 11.5 Å². The van der Waals surface area contributed by atoms with Crippen LogP contribution in [-0.2, 0) is 11.8 Å². The molecule has 1 unspecified atom stereocenters. The van der Waals surface area contributed by atoms with E-state index < -0.39 is 4.92 Å². The molecule has 2 aromatic carbocycles. The fraction of sp³-hybridized carbons (Fsp3) is 0.250. The number of carbonyl (C=O) groups is 1. The topological polar surface area (TPSA) is 121 Å². The van der Waals surface area contributed by atoms with Gasteiger partial charge >= 0.3 is 0 Å². The van der Waals surface area contributed by atoms with Crippen molar-refractivity contribution in [2.24, 2.45) is 7.05 Å². The molecule has 1 atom stereocenters. The molecule has 0 aliphatic heterocycles. The molecule has 0 fully saturated rings. The summed E-state index contributed by atoms with van der Waals surface area (Å²) < 4.78 is 12.8. The van der Waals surface area contributed by atoms with Crippen molar-refractivity contribution in [3.05, 3.63) is 64.5 Å². The number of ether oxygens (including phenoxy) is 2. The minimum atomic E-state index is -0.540. The molecular formula is C20H21N5O5S. The third-order valence-corrected chi connectivity index (χ3v) is 5.33. The van der Waals surface area contributed by atoms with Crippen molar-refractivity contribution in [1.82, 2.24) is 14.8 Å². The average Bonchev–Trinajstić information content (AvgIpc) is 3.13. The average molecular weight is 443 g/mol. The minimum absolute atomic E-state index is 0.0196. The minimum Gasteiger partial charge on any atom is -0.497 e. The molecule has 31 heavy (non-hydrogen) atoms. The molecule has 162 valence electrons. The zero-order chi connectivity index (χ0) is 22.4. The molecule has 0 aliphatic rings. The Hall–Kier alpha value is -3.60. The molecule has 0 radical (unpaired) electrons. The molecule has 0 saturated carbocycles. The lowest BCUT2D eigenvalue weighted by Crippen LogP contribution is -2.15. The van der Waals surface area contributed by atoms with Crippen molar-refractivity contribution >= 4 is 29.0 Å². The summed E-state index contributed by atoms with van der Waals surface area (Å²) in [6.07, 6.45) is -0.374. The van der Waals surface area contributed by atoms with E-state index in [0.717, 1.165) is 5.75 Å². The molecule has 11 heteroatoms. The van der Waals surface area contributed by atoms with Crippen molar-refractivity contribution in [2.75, 3.05) is 18.2 Å². The van der Waals surface area contributed by atoms with Crippen LogP contribution >= 0.6 is 11.8 Å². The monoisotopic (exact) mass is 443 g/mol. The first-order chi connectivity index (χ1) is 14.9. The first-order valence-electron chi connectivity index (χ1n) is 9.25. The van der Waals surface area contributed by atoms with Gasteiger partial charge in [-0.25, -0.2) is 0 Å². The number of nitrogens with one attached hydrogen (secondary N) is 1. The van der Waals surface area contributed by atoms with E-state index in [9.17, 15) is 14.9 Å². The molecular weight excluding hydrogens is 422 g/mol. The molecule has 1 amide bonds. The number of hydrogen-bond acceptors (Lipinski definition) is 8. The van der Waals surface area contributed by atoms with E-state index >= 15 is 0 Å². The lowest BCUT2D eigenvalue weighted by atomic mass is 10.2. The number of para-hydroxylation sites is 2. The third kappa shape index (κ3) is 5.51. The van der Waals surface area contributed by atoms with Crippen LogP contribution in [0.4, 0.5) is 11.4 Å². The molecule has 1 N–H and O–H groups in total. The van der Waals surface area contributed by atoms with Gasteiger partial charge in [0.1, 0.15) is 17.2 Å². The van der Waals surface area contributed by atoms with Crippen molar-refractivity contribution in [3.63, 3.8) is 0 Å². The molecule has 0 bridgehead atoms. The van der Waals surface area contributed by atoms with Crippen LogP contribution in [0.5, 0.6) is 11.5 Å². The molecule has 0 spiro atoms. The highest BCUT2D eigenvalue weighted by Crippen LogP contribution is 2.26. The van der Waals surface area contributed by atoms with Gasteiger partial charge in [-0.3, -0.25) is 14.9 Å². The number of amides is 1. The van der Waals surface area contributed by atoms with Crippen molar-refractivity contribution in [2.45, 2.75) is 18.2 Å². The molecule has 10 nitrogen and oxygen atoms in total. The predicted molar refractivity (Wildman–Crippen MR) is 115 cm³/mol. The Morgan fingerprint density at radius 3 is 2.55 bits per heavy atom. The van der Waals surface area contributed by atoms with E-state index in [1.807, 2.05) is 6.92 Å². The summed E-state index contributed by atoms with van der Waals surface area (Å²) in [6.45, 7) is 1.85. The maximum absolute atomic E-state index is 12.3. The zero-order valence-electron chi connectivity index (χ0n) is 17.1. The molecule has 1 heterocycles. The van der Waals surface area contributed by atoms with Crippen LogP contribution < -0.4 is 14.8 Å². The van der Waals surface area contributed by atoms with Crippen molar-refractivity contribution < 1.29 is 19.2 Å². The van der Waals surface area contributed by atoms with Gasteiger partial charge in [-0.05, 0) is 37.3 Å². The van der Waals surface area contributed by atoms with E-state index in [4.69, 9.17) is 9.47 Å². The number of nitrogens with zero attached hydrogens (tertiary/aromatic N) is 4. The first-order valence-corrected chi connectivity index (χ1v) is 10.2. The quantitative estimate of drug-likeness (QED) is 0.302. The fourth-order valence-electron chi connectivity index (χ4n) is 2.77. The van der Waals surface area contributed by atoms with E-state index in [0.29, 0.717) is 16.7 Å². The zero-order valence-corrected chi connectivity index (χ0v) is 18.0. The molecule has 0 saturated heterocycles. The number of thioether (sulfide) groups is 1. The van der Waals surface area contributed by atoms with Crippen LogP contribution in [0, 0.1) is 10.1 Å². The van der Waals surface area contributed by atoms with Gasteiger partial charge in [0.2, 0.25) is 5.91 Å². The first kappa shape index (κ1) is 22.1. The summed E-state index contributed by atoms with van der Waals surface area (Å²) in [6, 6.07) is 13.2.